The molecule has 0 heterocycles. The zero-order valence-electron chi connectivity index (χ0n) is 3.15. The van der Waals surface area contributed by atoms with Gasteiger partial charge >= 0.3 is 0 Å². The molecule has 0 aromatic heterocycles. The van der Waals surface area contributed by atoms with Gasteiger partial charge in [-0.25, -0.2) is 0 Å². The summed E-state index contributed by atoms with van der Waals surface area (Å²) in [4.78, 5) is 0. The van der Waals surface area contributed by atoms with Crippen LogP contribution >= 0.6 is 22.6 Å². The molecule has 0 fully saturated rings. The third-order valence-electron chi connectivity index (χ3n) is 0.230. The first kappa shape index (κ1) is 6.25. The number of hydrogen-bond donors (Lipinski definition) is 0. The molecule has 0 bridgehead atoms. The van der Waals surface area contributed by atoms with Crippen molar-refractivity contribution in [3.8, 4) is 12.3 Å². The largest absolute Gasteiger partial charge is 0.352 e. The minimum absolute atomic E-state index is 0.378. The highest BCUT2D eigenvalue weighted by molar-refractivity contribution is 14.1. The van der Waals surface area contributed by atoms with Gasteiger partial charge in [-0.15, -0.1) is 6.42 Å². The van der Waals surface area contributed by atoms with Crippen LogP contribution in [0.2, 0.25) is 0 Å². The van der Waals surface area contributed by atoms with Crippen LogP contribution in [0.3, 0.4) is 0 Å². The second-order valence-electron chi connectivity index (χ2n) is 0.604. The highest BCUT2D eigenvalue weighted by Gasteiger charge is 1.70. The van der Waals surface area contributed by atoms with Crippen molar-refractivity contribution in [2.75, 3.05) is 6.61 Å². The Balaban J connectivity index is 2.54. The Hall–Kier alpha value is 0.250. The van der Waals surface area contributed by atoms with Crippen LogP contribution in [-0.2, 0) is 4.74 Å². The fourth-order valence-electron chi connectivity index (χ4n) is 0.0796. The summed E-state index contributed by atoms with van der Waals surface area (Å²) in [5.74, 6) is 2.31. The molecule has 0 aliphatic carbocycles. The molecule has 1 radical (unpaired) electrons. The standard InChI is InChI=1S/C4H4IO/c1-2-3-6-4-5/h1,4H,3H2. The Morgan fingerprint density at radius 3 is 2.83 bits per heavy atom. The van der Waals surface area contributed by atoms with Gasteiger partial charge in [-0.2, -0.15) is 0 Å². The first-order valence-corrected chi connectivity index (χ1v) is 2.63. The van der Waals surface area contributed by atoms with E-state index in [9.17, 15) is 0 Å². The van der Waals surface area contributed by atoms with Crippen molar-refractivity contribution in [1.82, 2.24) is 0 Å². The van der Waals surface area contributed by atoms with E-state index in [1.165, 1.54) is 4.61 Å². The number of halogens is 1. The fraction of sp³-hybridized carbons (Fsp3) is 0.250. The van der Waals surface area contributed by atoms with Crippen molar-refractivity contribution >= 4 is 22.6 Å². The highest BCUT2D eigenvalue weighted by Crippen LogP contribution is 1.88. The molecule has 0 saturated heterocycles. The molecule has 0 atom stereocenters. The third-order valence-corrected chi connectivity index (χ3v) is 0.589. The van der Waals surface area contributed by atoms with E-state index in [2.05, 4.69) is 10.7 Å². The van der Waals surface area contributed by atoms with E-state index in [0.29, 0.717) is 6.61 Å². The second kappa shape index (κ2) is 5.25. The molecule has 0 amide bonds. The van der Waals surface area contributed by atoms with Gasteiger partial charge in [0.25, 0.3) is 0 Å². The van der Waals surface area contributed by atoms with Gasteiger partial charge in [0.15, 0.2) is 0 Å². The summed E-state index contributed by atoms with van der Waals surface area (Å²) < 4.78 is 6.15. The van der Waals surface area contributed by atoms with Crippen molar-refractivity contribution in [1.29, 1.82) is 0 Å². The maximum Gasteiger partial charge on any atom is 0.145 e. The Morgan fingerprint density at radius 1 is 2.00 bits per heavy atom. The zero-order valence-corrected chi connectivity index (χ0v) is 5.31. The topological polar surface area (TPSA) is 9.23 Å². The molecule has 33 valence electrons. The van der Waals surface area contributed by atoms with E-state index in [4.69, 9.17) is 6.42 Å². The van der Waals surface area contributed by atoms with Crippen LogP contribution in [-0.4, -0.2) is 6.61 Å². The van der Waals surface area contributed by atoms with Crippen LogP contribution in [0.15, 0.2) is 0 Å². The minimum Gasteiger partial charge on any atom is -0.352 e. The van der Waals surface area contributed by atoms with E-state index in [0.717, 1.165) is 0 Å². The van der Waals surface area contributed by atoms with Crippen LogP contribution in [0.25, 0.3) is 0 Å². The number of hydrogen-bond acceptors (Lipinski definition) is 1. The molecule has 0 aromatic rings. The number of terminal acetylenes is 1. The molecule has 2 heteroatoms. The SMILES string of the molecule is C#CCO[CH]I. The van der Waals surface area contributed by atoms with E-state index >= 15 is 0 Å². The molecule has 0 aromatic carbocycles. The van der Waals surface area contributed by atoms with Crippen LogP contribution < -0.4 is 0 Å². The lowest BCUT2D eigenvalue weighted by Gasteiger charge is -1.83. The average Bonchev–Trinajstić information content (AvgIpc) is 1.61. The maximum atomic E-state index is 4.82. The molecule has 1 nitrogen and oxygen atoms in total. The molecule has 0 spiro atoms. The first-order chi connectivity index (χ1) is 2.91. The molecule has 0 rings (SSSR count). The van der Waals surface area contributed by atoms with Crippen LogP contribution in [0.4, 0.5) is 0 Å². The second-order valence-corrected chi connectivity index (χ2v) is 1.11. The quantitative estimate of drug-likeness (QED) is 0.365. The summed E-state index contributed by atoms with van der Waals surface area (Å²) in [6.07, 6.45) is 4.82. The van der Waals surface area contributed by atoms with Gasteiger partial charge in [0.05, 0.1) is 0 Å². The van der Waals surface area contributed by atoms with Gasteiger partial charge in [0, 0.05) is 0 Å². The van der Waals surface area contributed by atoms with Crippen molar-refractivity contribution in [2.24, 2.45) is 0 Å². The molecule has 0 aliphatic heterocycles. The lowest BCUT2D eigenvalue weighted by atomic mass is 10.8. The number of rotatable bonds is 2. The Kier molecular flexibility index (Phi) is 5.47. The molecular weight excluding hydrogens is 191 g/mol. The summed E-state index contributed by atoms with van der Waals surface area (Å²) in [6, 6.07) is 0. The summed E-state index contributed by atoms with van der Waals surface area (Å²) in [5, 5.41) is 0. The van der Waals surface area contributed by atoms with E-state index < -0.39 is 0 Å². The molecule has 0 aliphatic rings. The zero-order chi connectivity index (χ0) is 4.83. The lowest BCUT2D eigenvalue weighted by molar-refractivity contribution is 0.282. The molecule has 0 unspecified atom stereocenters. The predicted octanol–water partition coefficient (Wildman–Crippen LogP) is 1.19. The van der Waals surface area contributed by atoms with Gasteiger partial charge in [0.2, 0.25) is 0 Å². The Bertz CT molecular complexity index is 55.1. The third kappa shape index (κ3) is 4.25. The van der Waals surface area contributed by atoms with Crippen LogP contribution in [0.1, 0.15) is 0 Å². The van der Waals surface area contributed by atoms with Gasteiger partial charge in [-0.05, 0) is 22.6 Å². The maximum absolute atomic E-state index is 4.82. The fourth-order valence-corrected chi connectivity index (χ4v) is 0.259. The summed E-state index contributed by atoms with van der Waals surface area (Å²) in [5.41, 5.74) is 0. The van der Waals surface area contributed by atoms with Crippen molar-refractivity contribution in [2.45, 2.75) is 0 Å². The first-order valence-electron chi connectivity index (χ1n) is 1.38. The molecule has 0 N–H and O–H groups in total. The van der Waals surface area contributed by atoms with Crippen LogP contribution in [0.5, 0.6) is 0 Å². The van der Waals surface area contributed by atoms with Crippen molar-refractivity contribution in [3.63, 3.8) is 0 Å². The Morgan fingerprint density at radius 2 is 2.67 bits per heavy atom. The van der Waals surface area contributed by atoms with E-state index in [1.54, 1.807) is 0 Å². The smallest absolute Gasteiger partial charge is 0.145 e. The van der Waals surface area contributed by atoms with Crippen molar-refractivity contribution in [3.05, 3.63) is 4.61 Å². The predicted molar refractivity (Wildman–Crippen MR) is 33.1 cm³/mol. The minimum atomic E-state index is 0.378. The van der Waals surface area contributed by atoms with Crippen LogP contribution in [0, 0.1) is 17.0 Å². The van der Waals surface area contributed by atoms with Gasteiger partial charge < -0.3 is 4.74 Å². The summed E-state index contributed by atoms with van der Waals surface area (Å²) >= 11 is 1.97. The average molecular weight is 195 g/mol. The summed E-state index contributed by atoms with van der Waals surface area (Å²) in [7, 11) is 0. The molecule has 0 saturated carbocycles. The van der Waals surface area contributed by atoms with E-state index in [1.807, 2.05) is 22.6 Å². The van der Waals surface area contributed by atoms with Gasteiger partial charge in [-0.1, -0.05) is 5.92 Å². The lowest BCUT2D eigenvalue weighted by Crippen LogP contribution is -1.78. The van der Waals surface area contributed by atoms with Crippen molar-refractivity contribution < 1.29 is 4.74 Å². The monoisotopic (exact) mass is 195 g/mol. The summed E-state index contributed by atoms with van der Waals surface area (Å²) in [6.45, 7) is 0.378. The molecule has 6 heavy (non-hydrogen) atoms. The molecular formula is C4H4IO. The Labute approximate surface area is 51.2 Å². The van der Waals surface area contributed by atoms with E-state index in [-0.39, 0.29) is 0 Å². The number of ether oxygens (including phenoxy) is 1. The van der Waals surface area contributed by atoms with Gasteiger partial charge in [0.1, 0.15) is 11.2 Å². The highest BCUT2D eigenvalue weighted by atomic mass is 127. The van der Waals surface area contributed by atoms with Gasteiger partial charge in [-0.3, -0.25) is 0 Å². The normalized spacial score (nSPS) is 7.33.